The summed E-state index contributed by atoms with van der Waals surface area (Å²) in [6.07, 6.45) is 1.57. The summed E-state index contributed by atoms with van der Waals surface area (Å²) in [6, 6.07) is 9.19. The van der Waals surface area contributed by atoms with Crippen molar-refractivity contribution in [2.45, 2.75) is 38.4 Å². The van der Waals surface area contributed by atoms with Gasteiger partial charge in [-0.15, -0.1) is 0 Å². The molecular weight excluding hydrogens is 388 g/mol. The number of rotatable bonds is 6. The quantitative estimate of drug-likeness (QED) is 0.650. The van der Waals surface area contributed by atoms with Gasteiger partial charge < -0.3 is 15.1 Å². The third kappa shape index (κ3) is 4.22. The molecule has 0 saturated carbocycles. The Balaban J connectivity index is 1.51. The topological polar surface area (TPSA) is 89.2 Å². The van der Waals surface area contributed by atoms with Gasteiger partial charge in [0, 0.05) is 22.6 Å². The number of hydrogen-bond donors (Lipinski definition) is 2. The van der Waals surface area contributed by atoms with Crippen molar-refractivity contribution < 1.29 is 14.0 Å². The van der Waals surface area contributed by atoms with Crippen LogP contribution in [0.3, 0.4) is 0 Å². The van der Waals surface area contributed by atoms with E-state index >= 15 is 0 Å². The number of amides is 2. The van der Waals surface area contributed by atoms with Gasteiger partial charge in [-0.3, -0.25) is 9.59 Å². The number of anilines is 1. The molecule has 0 aliphatic carbocycles. The zero-order valence-electron chi connectivity index (χ0n) is 16.3. The minimum atomic E-state index is -0.204. The molecule has 2 aromatic heterocycles. The second-order valence-electron chi connectivity index (χ2n) is 7.03. The van der Waals surface area contributed by atoms with Gasteiger partial charge in [-0.2, -0.15) is 16.9 Å². The maximum Gasteiger partial charge on any atom is 0.256 e. The first kappa shape index (κ1) is 19.3. The maximum absolute atomic E-state index is 12.8. The van der Waals surface area contributed by atoms with Crippen LogP contribution in [0.5, 0.6) is 0 Å². The third-order valence-electron chi connectivity index (χ3n) is 4.95. The molecule has 2 N–H and O–H groups in total. The Kier molecular flexibility index (Phi) is 5.44. The summed E-state index contributed by atoms with van der Waals surface area (Å²) in [5, 5.41) is 10.3. The van der Waals surface area contributed by atoms with Crippen molar-refractivity contribution >= 4 is 29.4 Å². The van der Waals surface area contributed by atoms with Gasteiger partial charge in [0.05, 0.1) is 18.5 Å². The number of nitrogens with zero attached hydrogens (tertiary/aromatic N) is 2. The van der Waals surface area contributed by atoms with Crippen molar-refractivity contribution in [1.29, 1.82) is 0 Å². The molecule has 3 aromatic rings. The lowest BCUT2D eigenvalue weighted by Crippen LogP contribution is -2.28. The van der Waals surface area contributed by atoms with Gasteiger partial charge in [0.25, 0.3) is 5.91 Å². The van der Waals surface area contributed by atoms with Crippen LogP contribution in [0.4, 0.5) is 5.82 Å². The summed E-state index contributed by atoms with van der Waals surface area (Å²) in [7, 11) is 0. The van der Waals surface area contributed by atoms with Gasteiger partial charge in [-0.25, -0.2) is 4.68 Å². The molecule has 0 bridgehead atoms. The molecule has 8 heteroatoms. The zero-order valence-corrected chi connectivity index (χ0v) is 17.1. The Bertz CT molecular complexity index is 1060. The van der Waals surface area contributed by atoms with E-state index in [9.17, 15) is 9.59 Å². The normalized spacial score (nSPS) is 12.6. The van der Waals surface area contributed by atoms with Crippen LogP contribution in [0.15, 0.2) is 41.0 Å². The number of thioether (sulfide) groups is 1. The zero-order chi connectivity index (χ0) is 20.4. The van der Waals surface area contributed by atoms with E-state index in [2.05, 4.69) is 15.7 Å². The number of carbonyl (C=O) groups is 2. The average molecular weight is 410 g/mol. The lowest BCUT2D eigenvalue weighted by molar-refractivity contribution is -0.122. The van der Waals surface area contributed by atoms with Gasteiger partial charge in [-0.1, -0.05) is 6.07 Å². The molecule has 1 aromatic carbocycles. The molecule has 3 heterocycles. The number of carbonyl (C=O) groups excluding carboxylic acids is 2. The fourth-order valence-corrected chi connectivity index (χ4v) is 4.21. The van der Waals surface area contributed by atoms with Crippen molar-refractivity contribution in [3.8, 4) is 0 Å². The van der Waals surface area contributed by atoms with Gasteiger partial charge in [0.15, 0.2) is 0 Å². The van der Waals surface area contributed by atoms with Crippen LogP contribution in [-0.2, 0) is 29.4 Å². The highest BCUT2D eigenvalue weighted by Gasteiger charge is 2.25. The maximum atomic E-state index is 12.8. The van der Waals surface area contributed by atoms with Gasteiger partial charge >= 0.3 is 0 Å². The number of hydrogen-bond acceptors (Lipinski definition) is 5. The molecule has 0 unspecified atom stereocenters. The number of fused-ring (bicyclic) bond motifs is 1. The molecular formula is C21H22N4O3S. The lowest BCUT2D eigenvalue weighted by Gasteiger charge is -2.12. The van der Waals surface area contributed by atoms with E-state index in [1.165, 1.54) is 0 Å². The number of nitrogens with one attached hydrogen (secondary N) is 2. The molecule has 2 amide bonds. The predicted octanol–water partition coefficient (Wildman–Crippen LogP) is 3.41. The largest absolute Gasteiger partial charge is 0.467 e. The highest BCUT2D eigenvalue weighted by Crippen LogP contribution is 2.34. The Morgan fingerprint density at radius 3 is 2.83 bits per heavy atom. The van der Waals surface area contributed by atoms with Crippen LogP contribution in [0, 0.1) is 13.8 Å². The van der Waals surface area contributed by atoms with Crippen LogP contribution in [0.2, 0.25) is 0 Å². The highest BCUT2D eigenvalue weighted by atomic mass is 32.2. The van der Waals surface area contributed by atoms with Crippen LogP contribution in [0.25, 0.3) is 0 Å². The van der Waals surface area contributed by atoms with Gasteiger partial charge in [-0.05, 0) is 49.2 Å². The van der Waals surface area contributed by atoms with Crippen LogP contribution >= 0.6 is 11.8 Å². The van der Waals surface area contributed by atoms with Gasteiger partial charge in [0.1, 0.15) is 18.1 Å². The van der Waals surface area contributed by atoms with Crippen LogP contribution in [-0.4, -0.2) is 21.6 Å². The first-order valence-corrected chi connectivity index (χ1v) is 10.5. The summed E-state index contributed by atoms with van der Waals surface area (Å²) in [5.41, 5.74) is 4.69. The second-order valence-corrected chi connectivity index (χ2v) is 8.02. The van der Waals surface area contributed by atoms with Crippen molar-refractivity contribution in [1.82, 2.24) is 15.1 Å². The number of aryl methyl sites for hydroxylation is 2. The molecule has 0 spiro atoms. The molecule has 0 saturated heterocycles. The molecule has 7 nitrogen and oxygen atoms in total. The van der Waals surface area contributed by atoms with E-state index in [1.807, 2.05) is 32.0 Å². The number of benzene rings is 1. The lowest BCUT2D eigenvalue weighted by atomic mass is 10.1. The van der Waals surface area contributed by atoms with Gasteiger partial charge in [0.2, 0.25) is 5.91 Å². The standard InChI is InChI=1S/C21H22N4O3S/c1-13-5-6-15(8-14(13)2)21(27)23-20-17-11-29-12-18(17)24-25(20)10-19(26)22-9-16-4-3-7-28-16/h3-8H,9-12H2,1-2H3,(H,22,26)(H,23,27). The van der Waals surface area contributed by atoms with Crippen LogP contribution in [0.1, 0.15) is 38.5 Å². The molecule has 0 radical (unpaired) electrons. The molecule has 29 heavy (non-hydrogen) atoms. The Morgan fingerprint density at radius 1 is 1.21 bits per heavy atom. The molecule has 1 aliphatic heterocycles. The smallest absolute Gasteiger partial charge is 0.256 e. The Hall–Kier alpha value is -3.00. The van der Waals surface area contributed by atoms with Crippen molar-refractivity contribution in [3.05, 3.63) is 70.3 Å². The van der Waals surface area contributed by atoms with E-state index in [-0.39, 0.29) is 18.4 Å². The van der Waals surface area contributed by atoms with E-state index < -0.39 is 0 Å². The number of aromatic nitrogens is 2. The first-order valence-electron chi connectivity index (χ1n) is 9.35. The molecule has 1 aliphatic rings. The third-order valence-corrected chi connectivity index (χ3v) is 5.92. The van der Waals surface area contributed by atoms with Crippen molar-refractivity contribution in [2.75, 3.05) is 5.32 Å². The fraction of sp³-hybridized carbons (Fsp3) is 0.286. The first-order chi connectivity index (χ1) is 14.0. The minimum Gasteiger partial charge on any atom is -0.467 e. The van der Waals surface area contributed by atoms with E-state index in [0.717, 1.165) is 33.9 Å². The SMILES string of the molecule is Cc1ccc(C(=O)Nc2c3c(nn2CC(=O)NCc2ccco2)CSC3)cc1C. The van der Waals surface area contributed by atoms with E-state index in [0.29, 0.717) is 23.7 Å². The summed E-state index contributed by atoms with van der Waals surface area (Å²) in [5.74, 6) is 2.43. The molecule has 4 rings (SSSR count). The van der Waals surface area contributed by atoms with Crippen molar-refractivity contribution in [2.24, 2.45) is 0 Å². The molecule has 150 valence electrons. The van der Waals surface area contributed by atoms with Crippen molar-refractivity contribution in [3.63, 3.8) is 0 Å². The Labute approximate surface area is 172 Å². The number of furan rings is 1. The summed E-state index contributed by atoms with van der Waals surface area (Å²) in [4.78, 5) is 25.2. The Morgan fingerprint density at radius 2 is 2.07 bits per heavy atom. The minimum absolute atomic E-state index is 0.0287. The van der Waals surface area contributed by atoms with Crippen LogP contribution < -0.4 is 10.6 Å². The monoisotopic (exact) mass is 410 g/mol. The predicted molar refractivity (Wildman–Crippen MR) is 112 cm³/mol. The second kappa shape index (κ2) is 8.16. The summed E-state index contributed by atoms with van der Waals surface area (Å²) in [6.45, 7) is 4.33. The van der Waals surface area contributed by atoms with E-state index in [4.69, 9.17) is 4.42 Å². The van der Waals surface area contributed by atoms with E-state index in [1.54, 1.807) is 34.8 Å². The molecule has 0 atom stereocenters. The average Bonchev–Trinajstić information content (AvgIpc) is 3.42. The fourth-order valence-electron chi connectivity index (χ4n) is 3.17. The highest BCUT2D eigenvalue weighted by molar-refractivity contribution is 7.98. The summed E-state index contributed by atoms with van der Waals surface area (Å²) >= 11 is 1.75. The molecule has 0 fully saturated rings. The summed E-state index contributed by atoms with van der Waals surface area (Å²) < 4.78 is 6.81.